The number of ketones is 1. The van der Waals surface area contributed by atoms with Gasteiger partial charge in [0.25, 0.3) is 0 Å². The van der Waals surface area contributed by atoms with E-state index in [0.29, 0.717) is 22.2 Å². The lowest BCUT2D eigenvalue weighted by Crippen LogP contribution is -2.14. The van der Waals surface area contributed by atoms with E-state index in [9.17, 15) is 9.59 Å². The van der Waals surface area contributed by atoms with Crippen LogP contribution in [0.15, 0.2) is 53.3 Å². The average Bonchev–Trinajstić information content (AvgIpc) is 3.00. The lowest BCUT2D eigenvalue weighted by Gasteiger charge is -2.04. The minimum Gasteiger partial charge on any atom is -0.454 e. The minimum atomic E-state index is -0.571. The molecule has 5 heteroatoms. The van der Waals surface area contributed by atoms with Gasteiger partial charge in [-0.3, -0.25) is 4.79 Å². The van der Waals surface area contributed by atoms with Gasteiger partial charge in [0.05, 0.1) is 5.56 Å². The number of esters is 1. The first-order valence-electron chi connectivity index (χ1n) is 6.74. The van der Waals surface area contributed by atoms with Crippen molar-refractivity contribution in [3.8, 4) is 0 Å². The lowest BCUT2D eigenvalue weighted by atomic mass is 10.1. The van der Waals surface area contributed by atoms with Crippen LogP contribution in [-0.4, -0.2) is 23.3 Å². The van der Waals surface area contributed by atoms with Crippen molar-refractivity contribution >= 4 is 22.9 Å². The molecule has 22 heavy (non-hydrogen) atoms. The smallest absolute Gasteiger partial charge is 0.338 e. The van der Waals surface area contributed by atoms with Crippen LogP contribution >= 0.6 is 0 Å². The minimum absolute atomic E-state index is 0.242. The number of oxazole rings is 1. The monoisotopic (exact) mass is 295 g/mol. The van der Waals surface area contributed by atoms with Crippen LogP contribution in [0, 0.1) is 6.92 Å². The Balaban J connectivity index is 1.66. The number of nitrogens with zero attached hydrogens (tertiary/aromatic N) is 1. The second-order valence-corrected chi connectivity index (χ2v) is 4.90. The van der Waals surface area contributed by atoms with E-state index in [-0.39, 0.29) is 12.4 Å². The number of benzene rings is 2. The molecule has 5 nitrogen and oxygen atoms in total. The summed E-state index contributed by atoms with van der Waals surface area (Å²) in [6.07, 6.45) is 1.31. The van der Waals surface area contributed by atoms with E-state index in [1.54, 1.807) is 30.3 Å². The molecule has 0 saturated heterocycles. The summed E-state index contributed by atoms with van der Waals surface area (Å²) in [6.45, 7) is 1.64. The largest absolute Gasteiger partial charge is 0.454 e. The third kappa shape index (κ3) is 2.88. The van der Waals surface area contributed by atoms with Gasteiger partial charge in [-0.15, -0.1) is 0 Å². The summed E-state index contributed by atoms with van der Waals surface area (Å²) in [5.41, 5.74) is 3.06. The first-order chi connectivity index (χ1) is 10.6. The van der Waals surface area contributed by atoms with Crippen molar-refractivity contribution in [1.29, 1.82) is 0 Å². The second-order valence-electron chi connectivity index (χ2n) is 4.90. The molecule has 0 atom stereocenters. The van der Waals surface area contributed by atoms with Crippen LogP contribution in [0.5, 0.6) is 0 Å². The first-order valence-corrected chi connectivity index (χ1v) is 6.74. The molecule has 0 bridgehead atoms. The maximum atomic E-state index is 12.0. The van der Waals surface area contributed by atoms with E-state index >= 15 is 0 Å². The molecule has 1 heterocycles. The predicted molar refractivity (Wildman–Crippen MR) is 79.8 cm³/mol. The number of rotatable bonds is 4. The van der Waals surface area contributed by atoms with E-state index in [1.807, 2.05) is 19.1 Å². The number of carbonyl (C=O) groups is 2. The van der Waals surface area contributed by atoms with Crippen LogP contribution in [0.25, 0.3) is 11.1 Å². The molecular weight excluding hydrogens is 282 g/mol. The van der Waals surface area contributed by atoms with Gasteiger partial charge in [-0.1, -0.05) is 29.8 Å². The number of hydrogen-bond acceptors (Lipinski definition) is 5. The van der Waals surface area contributed by atoms with Crippen molar-refractivity contribution in [2.75, 3.05) is 6.61 Å². The Morgan fingerprint density at radius 2 is 1.82 bits per heavy atom. The summed E-state index contributed by atoms with van der Waals surface area (Å²) in [4.78, 5) is 27.9. The first kappa shape index (κ1) is 14.0. The molecule has 3 aromatic rings. The Morgan fingerprint density at radius 3 is 2.59 bits per heavy atom. The Labute approximate surface area is 126 Å². The highest BCUT2D eigenvalue weighted by Crippen LogP contribution is 2.15. The molecule has 110 valence electrons. The molecule has 0 aliphatic carbocycles. The average molecular weight is 295 g/mol. The van der Waals surface area contributed by atoms with Crippen molar-refractivity contribution in [3.05, 3.63) is 65.5 Å². The van der Waals surface area contributed by atoms with Crippen molar-refractivity contribution in [2.45, 2.75) is 6.92 Å². The van der Waals surface area contributed by atoms with Crippen LogP contribution in [0.3, 0.4) is 0 Å². The molecule has 0 aliphatic rings. The maximum absolute atomic E-state index is 12.0. The van der Waals surface area contributed by atoms with Crippen molar-refractivity contribution < 1.29 is 18.7 Å². The van der Waals surface area contributed by atoms with E-state index < -0.39 is 5.97 Å². The molecule has 0 fully saturated rings. The number of Topliss-reactive ketones (excluding diaryl/α,β-unsaturated/α-hetero) is 1. The van der Waals surface area contributed by atoms with E-state index in [0.717, 1.165) is 5.56 Å². The highest BCUT2D eigenvalue weighted by atomic mass is 16.5. The molecule has 2 aromatic carbocycles. The molecule has 0 saturated carbocycles. The molecule has 0 unspecified atom stereocenters. The van der Waals surface area contributed by atoms with Gasteiger partial charge in [-0.05, 0) is 25.1 Å². The van der Waals surface area contributed by atoms with E-state index in [4.69, 9.17) is 9.15 Å². The van der Waals surface area contributed by atoms with Crippen LogP contribution in [0.4, 0.5) is 0 Å². The topological polar surface area (TPSA) is 69.4 Å². The Hall–Kier alpha value is -2.95. The summed E-state index contributed by atoms with van der Waals surface area (Å²) in [7, 11) is 0. The Kier molecular flexibility index (Phi) is 3.70. The maximum Gasteiger partial charge on any atom is 0.338 e. The van der Waals surface area contributed by atoms with Gasteiger partial charge in [-0.25, -0.2) is 9.78 Å². The highest BCUT2D eigenvalue weighted by molar-refractivity contribution is 5.99. The zero-order valence-corrected chi connectivity index (χ0v) is 11.9. The third-order valence-electron chi connectivity index (χ3n) is 3.27. The lowest BCUT2D eigenvalue weighted by molar-refractivity contribution is 0.0475. The highest BCUT2D eigenvalue weighted by Gasteiger charge is 2.13. The fourth-order valence-electron chi connectivity index (χ4n) is 2.02. The van der Waals surface area contributed by atoms with Crippen LogP contribution in [-0.2, 0) is 4.74 Å². The number of aromatic nitrogens is 1. The van der Waals surface area contributed by atoms with Gasteiger partial charge in [0.1, 0.15) is 5.52 Å². The van der Waals surface area contributed by atoms with Crippen molar-refractivity contribution in [1.82, 2.24) is 4.98 Å². The quantitative estimate of drug-likeness (QED) is 0.546. The van der Waals surface area contributed by atoms with Crippen LogP contribution in [0.1, 0.15) is 26.3 Å². The summed E-state index contributed by atoms with van der Waals surface area (Å²) in [6, 6.07) is 11.9. The van der Waals surface area contributed by atoms with Crippen molar-refractivity contribution in [2.24, 2.45) is 0 Å². The SMILES string of the molecule is Cc1ccc(C(=O)COC(=O)c2ccc3ncoc3c2)cc1. The van der Waals surface area contributed by atoms with Crippen LogP contribution < -0.4 is 0 Å². The van der Waals surface area contributed by atoms with Crippen molar-refractivity contribution in [3.63, 3.8) is 0 Å². The molecular formula is C17H13NO4. The fourth-order valence-corrected chi connectivity index (χ4v) is 2.02. The molecule has 1 aromatic heterocycles. The molecule has 0 spiro atoms. The van der Waals surface area contributed by atoms with Crippen LogP contribution in [0.2, 0.25) is 0 Å². The summed E-state index contributed by atoms with van der Waals surface area (Å²) >= 11 is 0. The fraction of sp³-hybridized carbons (Fsp3) is 0.118. The number of aryl methyl sites for hydroxylation is 1. The third-order valence-corrected chi connectivity index (χ3v) is 3.27. The molecule has 0 aliphatic heterocycles. The zero-order valence-electron chi connectivity index (χ0n) is 11.9. The predicted octanol–water partition coefficient (Wildman–Crippen LogP) is 3.18. The molecule has 0 N–H and O–H groups in total. The normalized spacial score (nSPS) is 10.6. The number of carbonyl (C=O) groups excluding carboxylic acids is 2. The Bertz CT molecular complexity index is 833. The van der Waals surface area contributed by atoms with Gasteiger partial charge >= 0.3 is 5.97 Å². The molecule has 0 radical (unpaired) electrons. The van der Waals surface area contributed by atoms with Gasteiger partial charge in [0.2, 0.25) is 0 Å². The molecule has 0 amide bonds. The zero-order chi connectivity index (χ0) is 15.5. The number of fused-ring (bicyclic) bond motifs is 1. The number of hydrogen-bond donors (Lipinski definition) is 0. The van der Waals surface area contributed by atoms with Gasteiger partial charge in [0, 0.05) is 5.56 Å². The summed E-state index contributed by atoms with van der Waals surface area (Å²) in [5.74, 6) is -0.812. The van der Waals surface area contributed by atoms with Gasteiger partial charge < -0.3 is 9.15 Å². The van der Waals surface area contributed by atoms with E-state index in [2.05, 4.69) is 4.98 Å². The van der Waals surface area contributed by atoms with E-state index in [1.165, 1.54) is 6.39 Å². The Morgan fingerprint density at radius 1 is 1.09 bits per heavy atom. The number of ether oxygens (including phenoxy) is 1. The summed E-state index contributed by atoms with van der Waals surface area (Å²) in [5, 5.41) is 0. The van der Waals surface area contributed by atoms with Gasteiger partial charge in [0.15, 0.2) is 24.4 Å². The summed E-state index contributed by atoms with van der Waals surface area (Å²) < 4.78 is 10.2. The standard InChI is InChI=1S/C17H13NO4/c1-11-2-4-12(5-3-11)15(19)9-21-17(20)13-6-7-14-16(8-13)22-10-18-14/h2-8,10H,9H2,1H3. The molecule has 3 rings (SSSR count). The second kappa shape index (κ2) is 5.81. The van der Waals surface area contributed by atoms with Gasteiger partial charge in [-0.2, -0.15) is 0 Å².